The fourth-order valence-electron chi connectivity index (χ4n) is 3.83. The van der Waals surface area contributed by atoms with Crippen molar-refractivity contribution >= 4 is 11.8 Å². The number of carbonyl (C=O) groups excluding carboxylic acids is 2. The van der Waals surface area contributed by atoms with Gasteiger partial charge in [-0.1, -0.05) is 6.92 Å². The molecule has 4 nitrogen and oxygen atoms in total. The first kappa shape index (κ1) is 11.2. The fraction of sp³-hybridized carbons (Fsp3) is 0.846. The number of ether oxygens (including phenoxy) is 2. The summed E-state index contributed by atoms with van der Waals surface area (Å²) in [6.07, 6.45) is 3.81. The quantitative estimate of drug-likeness (QED) is 0.514. The molecule has 1 spiro atoms. The van der Waals surface area contributed by atoms with E-state index >= 15 is 0 Å². The van der Waals surface area contributed by atoms with Crippen molar-refractivity contribution in [2.45, 2.75) is 63.8 Å². The minimum atomic E-state index is -0.319. The van der Waals surface area contributed by atoms with E-state index in [1.54, 1.807) is 0 Å². The summed E-state index contributed by atoms with van der Waals surface area (Å²) in [7, 11) is 0. The van der Waals surface area contributed by atoms with Crippen molar-refractivity contribution in [3.63, 3.8) is 0 Å². The molecule has 3 rings (SSSR count). The van der Waals surface area contributed by atoms with E-state index in [4.69, 9.17) is 9.47 Å². The van der Waals surface area contributed by atoms with Gasteiger partial charge in [0.2, 0.25) is 0 Å². The molecule has 0 radical (unpaired) electrons. The molecule has 0 bridgehead atoms. The van der Waals surface area contributed by atoms with Crippen LogP contribution in [0.1, 0.15) is 46.0 Å². The van der Waals surface area contributed by atoms with Crippen molar-refractivity contribution in [2.75, 3.05) is 0 Å². The van der Waals surface area contributed by atoms with Gasteiger partial charge in [0, 0.05) is 18.8 Å². The van der Waals surface area contributed by atoms with Crippen LogP contribution in [0.3, 0.4) is 0 Å². The summed E-state index contributed by atoms with van der Waals surface area (Å²) in [5.74, 6) is -0.00618. The normalized spacial score (nSPS) is 48.0. The number of esters is 1. The third kappa shape index (κ3) is 1.33. The average molecular weight is 238 g/mol. The molecule has 3 aliphatic rings. The van der Waals surface area contributed by atoms with E-state index in [-0.39, 0.29) is 35.0 Å². The predicted molar refractivity (Wildman–Crippen MR) is 59.4 cm³/mol. The second-order valence-corrected chi connectivity index (χ2v) is 5.76. The molecule has 0 N–H and O–H groups in total. The van der Waals surface area contributed by atoms with Crippen molar-refractivity contribution < 1.29 is 19.1 Å². The lowest BCUT2D eigenvalue weighted by atomic mass is 9.58. The highest BCUT2D eigenvalue weighted by Gasteiger charge is 2.74. The highest BCUT2D eigenvalue weighted by molar-refractivity contribution is 5.88. The number of ketones is 1. The first-order valence-electron chi connectivity index (χ1n) is 6.37. The Bertz CT molecular complexity index is 391. The third-order valence-corrected chi connectivity index (χ3v) is 4.88. The second kappa shape index (κ2) is 3.31. The molecule has 0 aromatic rings. The molecule has 4 atom stereocenters. The zero-order valence-corrected chi connectivity index (χ0v) is 10.3. The molecular formula is C13H18O4. The molecule has 94 valence electrons. The van der Waals surface area contributed by atoms with Crippen LogP contribution >= 0.6 is 0 Å². The topological polar surface area (TPSA) is 55.9 Å². The second-order valence-electron chi connectivity index (χ2n) is 5.76. The zero-order valence-electron chi connectivity index (χ0n) is 10.3. The van der Waals surface area contributed by atoms with E-state index in [0.717, 1.165) is 25.7 Å². The van der Waals surface area contributed by atoms with Crippen LogP contribution in [0.5, 0.6) is 0 Å². The smallest absolute Gasteiger partial charge is 0.302 e. The molecular weight excluding hydrogens is 220 g/mol. The number of carbonyl (C=O) groups is 2. The van der Waals surface area contributed by atoms with Crippen LogP contribution in [-0.2, 0) is 19.1 Å². The first-order valence-corrected chi connectivity index (χ1v) is 6.37. The molecule has 1 aliphatic heterocycles. The van der Waals surface area contributed by atoms with Gasteiger partial charge >= 0.3 is 5.97 Å². The summed E-state index contributed by atoms with van der Waals surface area (Å²) in [6, 6.07) is 0. The van der Waals surface area contributed by atoms with Crippen LogP contribution in [0.25, 0.3) is 0 Å². The van der Waals surface area contributed by atoms with Crippen LogP contribution in [0.4, 0.5) is 0 Å². The van der Waals surface area contributed by atoms with E-state index in [0.29, 0.717) is 6.42 Å². The summed E-state index contributed by atoms with van der Waals surface area (Å²) in [4.78, 5) is 22.9. The number of epoxide rings is 1. The van der Waals surface area contributed by atoms with Gasteiger partial charge in [0.1, 0.15) is 17.8 Å². The molecule has 1 saturated heterocycles. The lowest BCUT2D eigenvalue weighted by molar-refractivity contribution is -0.163. The minimum Gasteiger partial charge on any atom is -0.462 e. The van der Waals surface area contributed by atoms with Gasteiger partial charge in [0.05, 0.1) is 0 Å². The highest BCUT2D eigenvalue weighted by atomic mass is 16.6. The summed E-state index contributed by atoms with van der Waals surface area (Å²) >= 11 is 0. The van der Waals surface area contributed by atoms with E-state index in [1.807, 2.05) is 0 Å². The van der Waals surface area contributed by atoms with Crippen molar-refractivity contribution in [3.05, 3.63) is 0 Å². The van der Waals surface area contributed by atoms with E-state index in [2.05, 4.69) is 6.92 Å². The van der Waals surface area contributed by atoms with Crippen molar-refractivity contribution in [2.24, 2.45) is 5.41 Å². The van der Waals surface area contributed by atoms with Crippen LogP contribution in [0, 0.1) is 5.41 Å². The van der Waals surface area contributed by atoms with Gasteiger partial charge in [-0.25, -0.2) is 0 Å². The average Bonchev–Trinajstić information content (AvgIpc) is 2.98. The van der Waals surface area contributed by atoms with E-state index < -0.39 is 0 Å². The van der Waals surface area contributed by atoms with Crippen LogP contribution < -0.4 is 0 Å². The number of hydrogen-bond acceptors (Lipinski definition) is 4. The molecule has 4 heteroatoms. The SMILES string of the molecule is CC(=O)O[C@@H]1CCC[C@]23O[C@H]2C(=O)CC[C@]13C. The maximum Gasteiger partial charge on any atom is 0.302 e. The highest BCUT2D eigenvalue weighted by Crippen LogP contribution is 2.64. The van der Waals surface area contributed by atoms with E-state index in [1.165, 1.54) is 6.92 Å². The Morgan fingerprint density at radius 1 is 1.47 bits per heavy atom. The number of hydrogen-bond donors (Lipinski definition) is 0. The van der Waals surface area contributed by atoms with Gasteiger partial charge in [-0.2, -0.15) is 0 Å². The Kier molecular flexibility index (Phi) is 2.18. The van der Waals surface area contributed by atoms with Gasteiger partial charge in [0.15, 0.2) is 5.78 Å². The maximum atomic E-state index is 11.7. The van der Waals surface area contributed by atoms with Gasteiger partial charge < -0.3 is 9.47 Å². The maximum absolute atomic E-state index is 11.7. The van der Waals surface area contributed by atoms with Gasteiger partial charge in [-0.3, -0.25) is 9.59 Å². The van der Waals surface area contributed by atoms with Gasteiger partial charge in [-0.05, 0) is 25.7 Å². The van der Waals surface area contributed by atoms with Crippen molar-refractivity contribution in [1.29, 1.82) is 0 Å². The standard InChI is InChI=1S/C13H18O4/c1-8(14)16-10-4-3-6-13-11(17-13)9(15)5-7-12(10,13)2/h10-11H,3-7H2,1-2H3/t10-,11+,12-,13+/m1/s1. The van der Waals surface area contributed by atoms with Crippen LogP contribution in [0.2, 0.25) is 0 Å². The minimum absolute atomic E-state index is 0.0909. The number of rotatable bonds is 1. The third-order valence-electron chi connectivity index (χ3n) is 4.88. The van der Waals surface area contributed by atoms with Gasteiger partial charge in [0.25, 0.3) is 0 Å². The van der Waals surface area contributed by atoms with Gasteiger partial charge in [-0.15, -0.1) is 0 Å². The van der Waals surface area contributed by atoms with Crippen molar-refractivity contribution in [1.82, 2.24) is 0 Å². The Morgan fingerprint density at radius 3 is 2.94 bits per heavy atom. The molecule has 3 fully saturated rings. The fourth-order valence-corrected chi connectivity index (χ4v) is 3.83. The Morgan fingerprint density at radius 2 is 2.24 bits per heavy atom. The molecule has 2 aliphatic carbocycles. The lowest BCUT2D eigenvalue weighted by Gasteiger charge is -2.47. The molecule has 0 unspecified atom stereocenters. The zero-order chi connectivity index (χ0) is 12.3. The van der Waals surface area contributed by atoms with Crippen LogP contribution in [0.15, 0.2) is 0 Å². The Hall–Kier alpha value is -0.900. The van der Waals surface area contributed by atoms with Crippen molar-refractivity contribution in [3.8, 4) is 0 Å². The number of Topliss-reactive ketones (excluding diaryl/α,β-unsaturated/α-hetero) is 1. The molecule has 17 heavy (non-hydrogen) atoms. The van der Waals surface area contributed by atoms with Crippen LogP contribution in [-0.4, -0.2) is 29.6 Å². The summed E-state index contributed by atoms with van der Waals surface area (Å²) in [6.45, 7) is 3.57. The molecule has 0 aromatic heterocycles. The first-order chi connectivity index (χ1) is 7.99. The molecule has 0 amide bonds. The molecule has 1 heterocycles. The summed E-state index contributed by atoms with van der Waals surface area (Å²) in [5.41, 5.74) is -0.490. The monoisotopic (exact) mass is 238 g/mol. The van der Waals surface area contributed by atoms with E-state index in [9.17, 15) is 9.59 Å². The Balaban J connectivity index is 1.90. The lowest BCUT2D eigenvalue weighted by Crippen LogP contribution is -2.54. The molecule has 2 saturated carbocycles. The summed E-state index contributed by atoms with van der Waals surface area (Å²) in [5, 5.41) is 0. The summed E-state index contributed by atoms with van der Waals surface area (Å²) < 4.78 is 11.2. The Labute approximate surface area is 101 Å². The predicted octanol–water partition coefficient (Wildman–Crippen LogP) is 1.61. The largest absolute Gasteiger partial charge is 0.462 e. The molecule has 0 aromatic carbocycles.